The minimum absolute atomic E-state index is 0.180. The van der Waals surface area contributed by atoms with Crippen LogP contribution in [0.4, 0.5) is 0 Å². The molecule has 0 saturated carbocycles. The van der Waals surface area contributed by atoms with Gasteiger partial charge in [-0.3, -0.25) is 14.5 Å². The zero-order valence-corrected chi connectivity index (χ0v) is 9.82. The van der Waals surface area contributed by atoms with Crippen molar-refractivity contribution in [3.63, 3.8) is 0 Å². The van der Waals surface area contributed by atoms with Gasteiger partial charge in [-0.15, -0.1) is 0 Å². The molecule has 0 aromatic carbocycles. The highest BCUT2D eigenvalue weighted by Crippen LogP contribution is 2.07. The first-order valence-electron chi connectivity index (χ1n) is 5.52. The van der Waals surface area contributed by atoms with Crippen LogP contribution in [-0.4, -0.2) is 53.7 Å². The fourth-order valence-electron chi connectivity index (χ4n) is 1.79. The number of amides is 1. The van der Waals surface area contributed by atoms with Crippen molar-refractivity contribution in [2.24, 2.45) is 0 Å². The fourth-order valence-corrected chi connectivity index (χ4v) is 1.79. The summed E-state index contributed by atoms with van der Waals surface area (Å²) in [6.45, 7) is 8.50. The highest BCUT2D eigenvalue weighted by molar-refractivity contribution is 5.79. The molecule has 4 heteroatoms. The van der Waals surface area contributed by atoms with E-state index in [1.54, 1.807) is 6.92 Å². The third kappa shape index (κ3) is 3.63. The van der Waals surface area contributed by atoms with Gasteiger partial charge in [0, 0.05) is 32.1 Å². The average molecular weight is 212 g/mol. The van der Waals surface area contributed by atoms with E-state index >= 15 is 0 Å². The monoisotopic (exact) mass is 212 g/mol. The zero-order valence-electron chi connectivity index (χ0n) is 9.82. The Bertz CT molecular complexity index is 251. The molecule has 1 heterocycles. The Labute approximate surface area is 91.2 Å². The van der Waals surface area contributed by atoms with E-state index < -0.39 is 0 Å². The van der Waals surface area contributed by atoms with Crippen LogP contribution in [0.15, 0.2) is 0 Å². The molecule has 1 aliphatic heterocycles. The Kier molecular flexibility index (Phi) is 4.27. The number of hydrogen-bond donors (Lipinski definition) is 0. The summed E-state index contributed by atoms with van der Waals surface area (Å²) >= 11 is 0. The number of ketones is 1. The lowest BCUT2D eigenvalue weighted by atomic mass is 10.2. The molecule has 1 fully saturated rings. The van der Waals surface area contributed by atoms with Crippen LogP contribution in [0.5, 0.6) is 0 Å². The molecule has 0 aromatic heterocycles. The third-order valence-corrected chi connectivity index (χ3v) is 2.74. The van der Waals surface area contributed by atoms with Crippen molar-refractivity contribution >= 4 is 11.7 Å². The Hall–Kier alpha value is -0.900. The molecule has 0 unspecified atom stereocenters. The van der Waals surface area contributed by atoms with Crippen molar-refractivity contribution in [1.29, 1.82) is 0 Å². The molecular weight excluding hydrogens is 192 g/mol. The molecule has 0 radical (unpaired) electrons. The molecule has 0 bridgehead atoms. The lowest BCUT2D eigenvalue weighted by Crippen LogP contribution is -2.52. The molecular formula is C11H20N2O2. The van der Waals surface area contributed by atoms with Crippen molar-refractivity contribution in [2.45, 2.75) is 33.2 Å². The van der Waals surface area contributed by atoms with Gasteiger partial charge >= 0.3 is 0 Å². The second-order valence-corrected chi connectivity index (χ2v) is 4.41. The second-order valence-electron chi connectivity index (χ2n) is 4.41. The number of nitrogens with zero attached hydrogens (tertiary/aromatic N) is 2. The minimum Gasteiger partial charge on any atom is -0.338 e. The molecule has 1 rings (SSSR count). The Morgan fingerprint density at radius 1 is 1.40 bits per heavy atom. The third-order valence-electron chi connectivity index (χ3n) is 2.74. The lowest BCUT2D eigenvalue weighted by Gasteiger charge is -2.36. The van der Waals surface area contributed by atoms with E-state index in [9.17, 15) is 9.59 Å². The maximum atomic E-state index is 11.7. The Morgan fingerprint density at radius 2 is 2.07 bits per heavy atom. The van der Waals surface area contributed by atoms with E-state index in [1.165, 1.54) is 0 Å². The summed E-state index contributed by atoms with van der Waals surface area (Å²) in [6, 6.07) is 0.285. The summed E-state index contributed by atoms with van der Waals surface area (Å²) in [5, 5.41) is 0. The molecule has 15 heavy (non-hydrogen) atoms. The molecule has 0 aliphatic carbocycles. The van der Waals surface area contributed by atoms with Crippen LogP contribution >= 0.6 is 0 Å². The van der Waals surface area contributed by atoms with Gasteiger partial charge in [-0.25, -0.2) is 0 Å². The predicted molar refractivity (Wildman–Crippen MR) is 58.6 cm³/mol. The Morgan fingerprint density at radius 3 is 2.53 bits per heavy atom. The van der Waals surface area contributed by atoms with E-state index in [4.69, 9.17) is 0 Å². The van der Waals surface area contributed by atoms with Crippen LogP contribution in [-0.2, 0) is 9.59 Å². The maximum Gasteiger partial charge on any atom is 0.237 e. The van der Waals surface area contributed by atoms with Crippen LogP contribution in [0.3, 0.4) is 0 Å². The van der Waals surface area contributed by atoms with Gasteiger partial charge in [0.2, 0.25) is 5.91 Å². The van der Waals surface area contributed by atoms with Gasteiger partial charge in [0.1, 0.15) is 5.78 Å². The number of Topliss-reactive ketones (excluding diaryl/α,β-unsaturated/α-hetero) is 1. The minimum atomic E-state index is 0.180. The average Bonchev–Trinajstić information content (AvgIpc) is 2.14. The van der Waals surface area contributed by atoms with E-state index in [0.717, 1.165) is 13.1 Å². The SMILES string of the molecule is CC(=O)CCN1CCN(C(C)C)C(=O)C1. The smallest absolute Gasteiger partial charge is 0.237 e. The molecule has 86 valence electrons. The van der Waals surface area contributed by atoms with Crippen LogP contribution in [0.1, 0.15) is 27.2 Å². The van der Waals surface area contributed by atoms with Crippen molar-refractivity contribution in [2.75, 3.05) is 26.2 Å². The summed E-state index contributed by atoms with van der Waals surface area (Å²) in [5.41, 5.74) is 0. The largest absolute Gasteiger partial charge is 0.338 e. The highest BCUT2D eigenvalue weighted by atomic mass is 16.2. The first kappa shape index (κ1) is 12.2. The summed E-state index contributed by atoms with van der Waals surface area (Å²) in [7, 11) is 0. The number of rotatable bonds is 4. The van der Waals surface area contributed by atoms with Gasteiger partial charge in [0.25, 0.3) is 0 Å². The number of carbonyl (C=O) groups excluding carboxylic acids is 2. The van der Waals surface area contributed by atoms with Crippen LogP contribution in [0, 0.1) is 0 Å². The van der Waals surface area contributed by atoms with Gasteiger partial charge in [0.15, 0.2) is 0 Å². The molecule has 4 nitrogen and oxygen atoms in total. The number of hydrogen-bond acceptors (Lipinski definition) is 3. The van der Waals surface area contributed by atoms with E-state index in [0.29, 0.717) is 19.5 Å². The van der Waals surface area contributed by atoms with Gasteiger partial charge in [-0.1, -0.05) is 0 Å². The zero-order chi connectivity index (χ0) is 11.4. The summed E-state index contributed by atoms with van der Waals surface area (Å²) in [4.78, 5) is 26.5. The second kappa shape index (κ2) is 5.26. The molecule has 1 saturated heterocycles. The molecule has 0 spiro atoms. The van der Waals surface area contributed by atoms with Crippen LogP contribution in [0.25, 0.3) is 0 Å². The van der Waals surface area contributed by atoms with Crippen LogP contribution < -0.4 is 0 Å². The number of carbonyl (C=O) groups is 2. The molecule has 1 aliphatic rings. The van der Waals surface area contributed by atoms with E-state index in [2.05, 4.69) is 4.90 Å². The molecule has 1 amide bonds. The Balaban J connectivity index is 2.37. The highest BCUT2D eigenvalue weighted by Gasteiger charge is 2.25. The van der Waals surface area contributed by atoms with Gasteiger partial charge < -0.3 is 4.90 Å². The van der Waals surface area contributed by atoms with Crippen molar-refractivity contribution in [3.05, 3.63) is 0 Å². The van der Waals surface area contributed by atoms with Crippen molar-refractivity contribution in [3.8, 4) is 0 Å². The van der Waals surface area contributed by atoms with Crippen LogP contribution in [0.2, 0.25) is 0 Å². The topological polar surface area (TPSA) is 40.6 Å². The lowest BCUT2D eigenvalue weighted by molar-refractivity contribution is -0.138. The maximum absolute atomic E-state index is 11.7. The van der Waals surface area contributed by atoms with Crippen molar-refractivity contribution in [1.82, 2.24) is 9.80 Å². The molecule has 0 aromatic rings. The quantitative estimate of drug-likeness (QED) is 0.682. The fraction of sp³-hybridized carbons (Fsp3) is 0.818. The first-order chi connectivity index (χ1) is 7.00. The first-order valence-corrected chi connectivity index (χ1v) is 5.52. The summed E-state index contributed by atoms with van der Waals surface area (Å²) in [5.74, 6) is 0.369. The van der Waals surface area contributed by atoms with Crippen molar-refractivity contribution < 1.29 is 9.59 Å². The normalized spacial score (nSPS) is 18.7. The standard InChI is InChI=1S/C11H20N2O2/c1-9(2)13-7-6-12(8-11(13)15)5-4-10(3)14/h9H,4-8H2,1-3H3. The van der Waals surface area contributed by atoms with Gasteiger partial charge in [-0.05, 0) is 20.8 Å². The summed E-state index contributed by atoms with van der Waals surface area (Å²) in [6.07, 6.45) is 0.551. The molecule has 0 atom stereocenters. The van der Waals surface area contributed by atoms with E-state index in [-0.39, 0.29) is 17.7 Å². The molecule has 0 N–H and O–H groups in total. The van der Waals surface area contributed by atoms with Gasteiger partial charge in [-0.2, -0.15) is 0 Å². The number of piperazine rings is 1. The van der Waals surface area contributed by atoms with Gasteiger partial charge in [0.05, 0.1) is 6.54 Å². The summed E-state index contributed by atoms with van der Waals surface area (Å²) < 4.78 is 0. The predicted octanol–water partition coefficient (Wildman–Crippen LogP) is 0.518. The van der Waals surface area contributed by atoms with E-state index in [1.807, 2.05) is 18.7 Å².